The van der Waals surface area contributed by atoms with Gasteiger partial charge in [-0.25, -0.2) is 4.98 Å². The van der Waals surface area contributed by atoms with Gasteiger partial charge in [0, 0.05) is 32.6 Å². The second-order valence-corrected chi connectivity index (χ2v) is 8.61. The number of thiophene rings is 1. The number of thiazole rings is 1. The van der Waals surface area contributed by atoms with E-state index in [-0.39, 0.29) is 5.91 Å². The minimum atomic E-state index is -0.233. The number of nitrogens with zero attached hydrogens (tertiary/aromatic N) is 1. The van der Waals surface area contributed by atoms with Crippen molar-refractivity contribution >= 4 is 67.0 Å². The summed E-state index contributed by atoms with van der Waals surface area (Å²) in [5.41, 5.74) is 1.14. The van der Waals surface area contributed by atoms with Gasteiger partial charge in [0.15, 0.2) is 5.13 Å². The summed E-state index contributed by atoms with van der Waals surface area (Å²) in [5, 5.41) is 5.51. The third-order valence-electron chi connectivity index (χ3n) is 3.81. The highest BCUT2D eigenvalue weighted by molar-refractivity contribution is 7.22. The Morgan fingerprint density at radius 3 is 2.58 bits per heavy atom. The second kappa shape index (κ2) is 7.37. The molecule has 0 aliphatic carbocycles. The van der Waals surface area contributed by atoms with Gasteiger partial charge >= 0.3 is 0 Å². The number of hydrogen-bond donors (Lipinski definition) is 1. The molecule has 3 nitrogen and oxygen atoms in total. The van der Waals surface area contributed by atoms with E-state index in [0.29, 0.717) is 20.1 Å². The van der Waals surface area contributed by atoms with E-state index in [1.165, 1.54) is 22.7 Å². The number of hydrogen-bond acceptors (Lipinski definition) is 4. The fourth-order valence-corrected chi connectivity index (χ4v) is 4.94. The maximum Gasteiger partial charge on any atom is 0.269 e. The molecule has 0 fully saturated rings. The molecular weight excluding hydrogens is 407 g/mol. The van der Waals surface area contributed by atoms with Crippen LogP contribution < -0.4 is 5.32 Å². The van der Waals surface area contributed by atoms with E-state index in [9.17, 15) is 4.79 Å². The third kappa shape index (κ3) is 3.62. The summed E-state index contributed by atoms with van der Waals surface area (Å²) in [5.74, 6) is -0.233. The monoisotopic (exact) mass is 418 g/mol. The van der Waals surface area contributed by atoms with Crippen LogP contribution >= 0.6 is 45.9 Å². The van der Waals surface area contributed by atoms with Gasteiger partial charge in [-0.3, -0.25) is 10.1 Å². The number of fused-ring (bicyclic) bond motifs is 1. The molecule has 26 heavy (non-hydrogen) atoms. The number of benzene rings is 2. The Balaban J connectivity index is 1.50. The van der Waals surface area contributed by atoms with Crippen LogP contribution in [0.1, 0.15) is 20.1 Å². The Hall–Kier alpha value is -1.92. The lowest BCUT2D eigenvalue weighted by atomic mass is 10.1. The number of nitrogens with one attached hydrogen (secondary N) is 1. The lowest BCUT2D eigenvalue weighted by Gasteiger charge is -2.00. The highest BCUT2D eigenvalue weighted by Crippen LogP contribution is 2.35. The topological polar surface area (TPSA) is 42.0 Å². The van der Waals surface area contributed by atoms with E-state index >= 15 is 0 Å². The van der Waals surface area contributed by atoms with Gasteiger partial charge in [-0.2, -0.15) is 0 Å². The Kier molecular flexibility index (Phi) is 4.96. The first-order valence-corrected chi connectivity index (χ1v) is 10.2. The molecule has 1 N–H and O–H groups in total. The predicted octanol–water partition coefficient (Wildman–Crippen LogP) is 6.51. The van der Waals surface area contributed by atoms with Gasteiger partial charge in [0.25, 0.3) is 5.91 Å². The largest absolute Gasteiger partial charge is 0.297 e. The summed E-state index contributed by atoms with van der Waals surface area (Å²) in [6, 6.07) is 15.4. The van der Waals surface area contributed by atoms with E-state index in [4.69, 9.17) is 23.2 Å². The van der Waals surface area contributed by atoms with Gasteiger partial charge in [-0.15, -0.1) is 22.7 Å². The summed E-state index contributed by atoms with van der Waals surface area (Å²) in [6.07, 6.45) is 2.52. The molecule has 0 radical (unpaired) electrons. The molecule has 4 aromatic rings. The quantitative estimate of drug-likeness (QED) is 0.410. The first-order chi connectivity index (χ1) is 12.6. The molecule has 0 saturated heterocycles. The van der Waals surface area contributed by atoms with Crippen molar-refractivity contribution < 1.29 is 4.79 Å². The molecule has 2 heterocycles. The number of aromatic nitrogens is 1. The van der Waals surface area contributed by atoms with Crippen LogP contribution in [0, 0.1) is 0 Å². The van der Waals surface area contributed by atoms with E-state index in [2.05, 4.69) is 10.3 Å². The summed E-state index contributed by atoms with van der Waals surface area (Å²) in [4.78, 5) is 18.4. The van der Waals surface area contributed by atoms with Gasteiger partial charge in [0.1, 0.15) is 4.88 Å². The number of amides is 1. The van der Waals surface area contributed by atoms with Crippen molar-refractivity contribution in [2.75, 3.05) is 5.32 Å². The number of carbonyl (C=O) groups is 1. The van der Waals surface area contributed by atoms with Gasteiger partial charge in [-0.1, -0.05) is 53.5 Å². The molecule has 0 spiro atoms. The molecule has 130 valence electrons. The van der Waals surface area contributed by atoms with Crippen molar-refractivity contribution in [3.63, 3.8) is 0 Å². The zero-order chi connectivity index (χ0) is 18.1. The van der Waals surface area contributed by atoms with Crippen LogP contribution in [0.15, 0.2) is 54.7 Å². The number of halogens is 2. The average molecular weight is 419 g/mol. The maximum atomic E-state index is 12.6. The molecule has 0 unspecified atom stereocenters. The summed E-state index contributed by atoms with van der Waals surface area (Å²) < 4.78 is 0.991. The zero-order valence-corrected chi connectivity index (χ0v) is 16.5. The molecule has 0 aliphatic rings. The average Bonchev–Trinajstić information content (AvgIpc) is 3.22. The molecule has 0 atom stereocenters. The van der Waals surface area contributed by atoms with Crippen molar-refractivity contribution in [3.8, 4) is 0 Å². The smallest absolute Gasteiger partial charge is 0.269 e. The lowest BCUT2D eigenvalue weighted by molar-refractivity contribution is 0.103. The van der Waals surface area contributed by atoms with Crippen molar-refractivity contribution in [2.45, 2.75) is 6.42 Å². The van der Waals surface area contributed by atoms with Crippen molar-refractivity contribution in [1.29, 1.82) is 0 Å². The number of rotatable bonds is 4. The third-order valence-corrected chi connectivity index (χ3v) is 6.65. The minimum absolute atomic E-state index is 0.233. The van der Waals surface area contributed by atoms with Gasteiger partial charge in [0.05, 0.1) is 5.02 Å². The van der Waals surface area contributed by atoms with E-state index in [1.807, 2.05) is 48.5 Å². The van der Waals surface area contributed by atoms with Crippen LogP contribution in [0.3, 0.4) is 0 Å². The molecule has 2 aromatic heterocycles. The Morgan fingerprint density at radius 1 is 1.04 bits per heavy atom. The van der Waals surface area contributed by atoms with Crippen molar-refractivity contribution in [3.05, 3.63) is 80.1 Å². The molecule has 0 saturated carbocycles. The Labute approximate surface area is 168 Å². The predicted molar refractivity (Wildman–Crippen MR) is 111 cm³/mol. The molecule has 2 aromatic carbocycles. The molecular formula is C19H12Cl2N2OS2. The zero-order valence-electron chi connectivity index (χ0n) is 13.3. The highest BCUT2D eigenvalue weighted by atomic mass is 35.5. The van der Waals surface area contributed by atoms with Crippen LogP contribution in [-0.4, -0.2) is 10.9 Å². The normalized spacial score (nSPS) is 11.0. The van der Waals surface area contributed by atoms with Gasteiger partial charge < -0.3 is 0 Å². The van der Waals surface area contributed by atoms with E-state index in [0.717, 1.165) is 26.9 Å². The van der Waals surface area contributed by atoms with Crippen LogP contribution in [0.4, 0.5) is 5.13 Å². The summed E-state index contributed by atoms with van der Waals surface area (Å²) >= 11 is 15.1. The standard InChI is InChI=1S/C19H12Cl2N2OS2/c20-12-7-5-11(6-8-12)9-13-10-22-19(25-13)23-18(24)17-16(21)14-3-1-2-4-15(14)26-17/h1-8,10H,9H2,(H,22,23,24). The minimum Gasteiger partial charge on any atom is -0.297 e. The second-order valence-electron chi connectivity index (χ2n) is 5.63. The van der Waals surface area contributed by atoms with Gasteiger partial charge in [-0.05, 0) is 23.8 Å². The lowest BCUT2D eigenvalue weighted by Crippen LogP contribution is -2.10. The molecule has 1 amide bonds. The number of anilines is 1. The Morgan fingerprint density at radius 2 is 1.81 bits per heavy atom. The van der Waals surface area contributed by atoms with Crippen LogP contribution in [0.25, 0.3) is 10.1 Å². The molecule has 4 rings (SSSR count). The summed E-state index contributed by atoms with van der Waals surface area (Å²) in [7, 11) is 0. The molecule has 0 aliphatic heterocycles. The first-order valence-electron chi connectivity index (χ1n) is 7.77. The maximum absolute atomic E-state index is 12.6. The van der Waals surface area contributed by atoms with Crippen LogP contribution in [0.2, 0.25) is 10.0 Å². The SMILES string of the molecule is O=C(Nc1ncc(Cc2ccc(Cl)cc2)s1)c1sc2ccccc2c1Cl. The Bertz CT molecular complexity index is 1090. The van der Waals surface area contributed by atoms with Crippen LogP contribution in [0.5, 0.6) is 0 Å². The highest BCUT2D eigenvalue weighted by Gasteiger charge is 2.18. The van der Waals surface area contributed by atoms with Crippen LogP contribution in [-0.2, 0) is 6.42 Å². The van der Waals surface area contributed by atoms with Gasteiger partial charge in [0.2, 0.25) is 0 Å². The van der Waals surface area contributed by atoms with Crippen molar-refractivity contribution in [1.82, 2.24) is 4.98 Å². The fourth-order valence-electron chi connectivity index (χ4n) is 2.56. The van der Waals surface area contributed by atoms with E-state index < -0.39 is 0 Å². The van der Waals surface area contributed by atoms with Crippen molar-refractivity contribution in [2.24, 2.45) is 0 Å². The number of carbonyl (C=O) groups excluding carboxylic acids is 1. The molecule has 7 heteroatoms. The van der Waals surface area contributed by atoms with E-state index in [1.54, 1.807) is 6.20 Å². The molecule has 0 bridgehead atoms. The fraction of sp³-hybridized carbons (Fsp3) is 0.0526. The first kappa shape index (κ1) is 17.5. The summed E-state index contributed by atoms with van der Waals surface area (Å²) in [6.45, 7) is 0.